The maximum absolute atomic E-state index is 5.90. The topological polar surface area (TPSA) is 43.6 Å². The van der Waals surface area contributed by atoms with Crippen LogP contribution < -0.4 is 0 Å². The highest BCUT2D eigenvalue weighted by atomic mass is 35.5. The van der Waals surface area contributed by atoms with Crippen molar-refractivity contribution in [2.24, 2.45) is 0 Å². The molecule has 0 radical (unpaired) electrons. The van der Waals surface area contributed by atoms with Crippen LogP contribution >= 0.6 is 23.4 Å². The first-order valence-electron chi connectivity index (χ1n) is 5.87. The zero-order valence-electron chi connectivity index (χ0n) is 10.2. The van der Waals surface area contributed by atoms with Gasteiger partial charge in [-0.1, -0.05) is 18.5 Å². The SMILES string of the molecule is CCSc1ncnc2c1cnn2-c1ccc(Cl)cc1. The van der Waals surface area contributed by atoms with E-state index < -0.39 is 0 Å². The van der Waals surface area contributed by atoms with E-state index in [0.717, 1.165) is 27.5 Å². The average molecular weight is 291 g/mol. The molecule has 0 N–H and O–H groups in total. The Morgan fingerprint density at radius 1 is 1.21 bits per heavy atom. The van der Waals surface area contributed by atoms with Gasteiger partial charge in [0.2, 0.25) is 0 Å². The van der Waals surface area contributed by atoms with Crippen molar-refractivity contribution in [2.75, 3.05) is 5.75 Å². The lowest BCUT2D eigenvalue weighted by Crippen LogP contribution is -1.97. The van der Waals surface area contributed by atoms with Gasteiger partial charge in [-0.05, 0) is 30.0 Å². The normalized spacial score (nSPS) is 11.1. The third-order valence-electron chi connectivity index (χ3n) is 2.68. The van der Waals surface area contributed by atoms with Gasteiger partial charge in [0.25, 0.3) is 0 Å². The molecule has 2 aromatic heterocycles. The Kier molecular flexibility index (Phi) is 3.40. The number of fused-ring (bicyclic) bond motifs is 1. The fourth-order valence-corrected chi connectivity index (χ4v) is 2.67. The van der Waals surface area contributed by atoms with Crippen LogP contribution in [0.2, 0.25) is 5.02 Å². The summed E-state index contributed by atoms with van der Waals surface area (Å²) in [6, 6.07) is 7.52. The van der Waals surface area contributed by atoms with Gasteiger partial charge in [-0.15, -0.1) is 11.8 Å². The number of aromatic nitrogens is 4. The second-order valence-electron chi connectivity index (χ2n) is 3.88. The van der Waals surface area contributed by atoms with Gasteiger partial charge in [0.05, 0.1) is 17.3 Å². The van der Waals surface area contributed by atoms with Crippen LogP contribution in [0.25, 0.3) is 16.7 Å². The first-order valence-corrected chi connectivity index (χ1v) is 7.23. The van der Waals surface area contributed by atoms with E-state index in [1.807, 2.05) is 30.5 Å². The molecule has 0 aliphatic heterocycles. The molecule has 0 spiro atoms. The lowest BCUT2D eigenvalue weighted by atomic mass is 10.3. The second-order valence-corrected chi connectivity index (χ2v) is 5.57. The van der Waals surface area contributed by atoms with Gasteiger partial charge in [0.15, 0.2) is 5.65 Å². The fraction of sp³-hybridized carbons (Fsp3) is 0.154. The largest absolute Gasteiger partial charge is 0.229 e. The Labute approximate surface area is 119 Å². The molecule has 3 aromatic rings. The van der Waals surface area contributed by atoms with E-state index in [1.165, 1.54) is 0 Å². The quantitative estimate of drug-likeness (QED) is 0.546. The number of benzene rings is 1. The first kappa shape index (κ1) is 12.4. The predicted molar refractivity (Wildman–Crippen MR) is 78.1 cm³/mol. The lowest BCUT2D eigenvalue weighted by molar-refractivity contribution is 0.893. The molecule has 0 saturated heterocycles. The summed E-state index contributed by atoms with van der Waals surface area (Å²) in [6.07, 6.45) is 3.39. The Bertz CT molecular complexity index is 708. The van der Waals surface area contributed by atoms with Gasteiger partial charge >= 0.3 is 0 Å². The zero-order valence-corrected chi connectivity index (χ0v) is 11.8. The summed E-state index contributed by atoms with van der Waals surface area (Å²) in [4.78, 5) is 8.62. The maximum Gasteiger partial charge on any atom is 0.167 e. The van der Waals surface area contributed by atoms with Crippen molar-refractivity contribution in [2.45, 2.75) is 11.9 Å². The minimum atomic E-state index is 0.706. The molecule has 4 nitrogen and oxygen atoms in total. The van der Waals surface area contributed by atoms with E-state index in [2.05, 4.69) is 22.0 Å². The third kappa shape index (κ3) is 2.31. The number of halogens is 1. The molecular formula is C13H11ClN4S. The van der Waals surface area contributed by atoms with Gasteiger partial charge in [-0.25, -0.2) is 14.6 Å². The summed E-state index contributed by atoms with van der Waals surface area (Å²) in [7, 11) is 0. The molecule has 96 valence electrons. The lowest BCUT2D eigenvalue weighted by Gasteiger charge is -2.03. The van der Waals surface area contributed by atoms with E-state index in [4.69, 9.17) is 11.6 Å². The van der Waals surface area contributed by atoms with Crippen LogP contribution in [0.4, 0.5) is 0 Å². The molecule has 0 bridgehead atoms. The van der Waals surface area contributed by atoms with Crippen LogP contribution in [-0.4, -0.2) is 25.5 Å². The van der Waals surface area contributed by atoms with Crippen LogP contribution in [0.5, 0.6) is 0 Å². The van der Waals surface area contributed by atoms with Crippen molar-refractivity contribution in [1.29, 1.82) is 0 Å². The highest BCUT2D eigenvalue weighted by molar-refractivity contribution is 7.99. The van der Waals surface area contributed by atoms with E-state index in [0.29, 0.717) is 5.02 Å². The van der Waals surface area contributed by atoms with Crippen molar-refractivity contribution in [3.8, 4) is 5.69 Å². The highest BCUT2D eigenvalue weighted by Crippen LogP contribution is 2.25. The van der Waals surface area contributed by atoms with E-state index >= 15 is 0 Å². The standard InChI is InChI=1S/C13H11ClN4S/c1-2-19-13-11-7-17-18(12(11)15-8-16-13)10-5-3-9(14)4-6-10/h3-8H,2H2,1H3. The molecule has 19 heavy (non-hydrogen) atoms. The summed E-state index contributed by atoms with van der Waals surface area (Å²) in [5, 5.41) is 7.04. The summed E-state index contributed by atoms with van der Waals surface area (Å²) >= 11 is 7.59. The van der Waals surface area contributed by atoms with Gasteiger partial charge < -0.3 is 0 Å². The molecule has 3 rings (SSSR count). The second kappa shape index (κ2) is 5.19. The molecular weight excluding hydrogens is 280 g/mol. The van der Waals surface area contributed by atoms with Gasteiger partial charge in [0, 0.05) is 5.02 Å². The van der Waals surface area contributed by atoms with Crippen LogP contribution in [-0.2, 0) is 0 Å². The monoisotopic (exact) mass is 290 g/mol. The van der Waals surface area contributed by atoms with Gasteiger partial charge in [-0.2, -0.15) is 5.10 Å². The van der Waals surface area contributed by atoms with Crippen molar-refractivity contribution >= 4 is 34.4 Å². The van der Waals surface area contributed by atoms with Crippen molar-refractivity contribution in [3.63, 3.8) is 0 Å². The Morgan fingerprint density at radius 2 is 2.00 bits per heavy atom. The van der Waals surface area contributed by atoms with Crippen molar-refractivity contribution in [3.05, 3.63) is 41.8 Å². The molecule has 1 aromatic carbocycles. The average Bonchev–Trinajstić information content (AvgIpc) is 2.85. The summed E-state index contributed by atoms with van der Waals surface area (Å²) < 4.78 is 1.80. The molecule has 0 aliphatic carbocycles. The number of nitrogens with zero attached hydrogens (tertiary/aromatic N) is 4. The van der Waals surface area contributed by atoms with E-state index in [9.17, 15) is 0 Å². The molecule has 6 heteroatoms. The fourth-order valence-electron chi connectivity index (χ4n) is 1.85. The Morgan fingerprint density at radius 3 is 2.74 bits per heavy atom. The minimum absolute atomic E-state index is 0.706. The van der Waals surface area contributed by atoms with Gasteiger partial charge in [0.1, 0.15) is 11.4 Å². The molecule has 0 saturated carbocycles. The maximum atomic E-state index is 5.90. The highest BCUT2D eigenvalue weighted by Gasteiger charge is 2.10. The molecule has 0 amide bonds. The minimum Gasteiger partial charge on any atom is -0.229 e. The van der Waals surface area contributed by atoms with Crippen LogP contribution in [0, 0.1) is 0 Å². The van der Waals surface area contributed by atoms with Crippen LogP contribution in [0.3, 0.4) is 0 Å². The molecule has 2 heterocycles. The van der Waals surface area contributed by atoms with Crippen LogP contribution in [0.1, 0.15) is 6.92 Å². The zero-order chi connectivity index (χ0) is 13.2. The Hall–Kier alpha value is -1.59. The number of hydrogen-bond acceptors (Lipinski definition) is 4. The van der Waals surface area contributed by atoms with Crippen LogP contribution in [0.15, 0.2) is 41.8 Å². The van der Waals surface area contributed by atoms with E-state index in [1.54, 1.807) is 22.8 Å². The first-order chi connectivity index (χ1) is 9.29. The summed E-state index contributed by atoms with van der Waals surface area (Å²) in [5.41, 5.74) is 1.75. The summed E-state index contributed by atoms with van der Waals surface area (Å²) in [6.45, 7) is 2.10. The summed E-state index contributed by atoms with van der Waals surface area (Å²) in [5.74, 6) is 0.970. The van der Waals surface area contributed by atoms with Gasteiger partial charge in [-0.3, -0.25) is 0 Å². The van der Waals surface area contributed by atoms with Crippen molar-refractivity contribution < 1.29 is 0 Å². The molecule has 0 atom stereocenters. The molecule has 0 unspecified atom stereocenters. The predicted octanol–water partition coefficient (Wildman–Crippen LogP) is 3.58. The number of thioether (sulfide) groups is 1. The molecule has 0 aliphatic rings. The smallest absolute Gasteiger partial charge is 0.167 e. The molecule has 0 fully saturated rings. The Balaban J connectivity index is 2.15. The third-order valence-corrected chi connectivity index (χ3v) is 3.82. The number of hydrogen-bond donors (Lipinski definition) is 0. The van der Waals surface area contributed by atoms with E-state index in [-0.39, 0.29) is 0 Å². The van der Waals surface area contributed by atoms with Crippen molar-refractivity contribution in [1.82, 2.24) is 19.7 Å². The number of rotatable bonds is 3.